The number of carbonyl (C=O) groups is 2. The van der Waals surface area contributed by atoms with Crippen LogP contribution >= 0.6 is 22.6 Å². The number of nitrogens with one attached hydrogen (secondary N) is 1. The Kier molecular flexibility index (Phi) is 8.33. The monoisotopic (exact) mass is 661 g/mol. The van der Waals surface area contributed by atoms with Gasteiger partial charge in [-0.1, -0.05) is 114 Å². The van der Waals surface area contributed by atoms with Crippen LogP contribution in [0.1, 0.15) is 32.5 Å². The maximum absolute atomic E-state index is 14.1. The third-order valence-electron chi connectivity index (χ3n) is 7.65. The van der Waals surface area contributed by atoms with Gasteiger partial charge in [0.25, 0.3) is 0 Å². The summed E-state index contributed by atoms with van der Waals surface area (Å²) in [6, 6.07) is 30.0. The number of hydrogen-bond donors (Lipinski definition) is 1. The molecule has 41 heavy (non-hydrogen) atoms. The van der Waals surface area contributed by atoms with Gasteiger partial charge in [-0.25, -0.2) is 4.79 Å². The van der Waals surface area contributed by atoms with Crippen LogP contribution in [-0.2, 0) is 28.9 Å². The number of nitrogens with zero attached hydrogens (tertiary/aromatic N) is 4. The largest absolute Gasteiger partial charge is 0.447 e. The number of hydrogen-bond acceptors (Lipinski definition) is 5. The van der Waals surface area contributed by atoms with Gasteiger partial charge in [-0.15, -0.1) is 0 Å². The van der Waals surface area contributed by atoms with E-state index >= 15 is 0 Å². The van der Waals surface area contributed by atoms with E-state index in [0.29, 0.717) is 13.1 Å². The topological polar surface area (TPSA) is 79.7 Å². The maximum atomic E-state index is 14.1. The molecule has 1 aromatic heterocycles. The number of aromatic nitrogens is 2. The average Bonchev–Trinajstić information content (AvgIpc) is 3.56. The Morgan fingerprint density at radius 2 is 1.61 bits per heavy atom. The van der Waals surface area contributed by atoms with Crippen LogP contribution in [0.25, 0.3) is 0 Å². The molecule has 6 rings (SSSR count). The number of carbonyl (C=O) groups excluding carboxylic acids is 2. The summed E-state index contributed by atoms with van der Waals surface area (Å²) in [5, 5.41) is 8.64. The second-order valence-corrected chi connectivity index (χ2v) is 11.7. The molecule has 4 aromatic rings. The zero-order chi connectivity index (χ0) is 28.2. The van der Waals surface area contributed by atoms with Crippen LogP contribution in [0.15, 0.2) is 97.2 Å². The molecule has 1 saturated heterocycles. The molecule has 1 N–H and O–H groups in total. The lowest BCUT2D eigenvalue weighted by molar-refractivity contribution is -0.119. The summed E-state index contributed by atoms with van der Waals surface area (Å²) in [5.74, 6) is -0.154. The minimum Gasteiger partial charge on any atom is -0.447 e. The number of fused-ring (bicyclic) bond motifs is 1. The molecular formula is C32H32IN5O3. The first-order valence-electron chi connectivity index (χ1n) is 13.9. The van der Waals surface area contributed by atoms with Crippen molar-refractivity contribution in [2.75, 3.05) is 24.6 Å². The fourth-order valence-corrected chi connectivity index (χ4v) is 6.49. The van der Waals surface area contributed by atoms with Crippen LogP contribution in [0.3, 0.4) is 0 Å². The maximum Gasteiger partial charge on any atom is 0.410 e. The van der Waals surface area contributed by atoms with Crippen LogP contribution in [-0.4, -0.2) is 52.4 Å². The molecule has 3 atom stereocenters. The lowest BCUT2D eigenvalue weighted by Crippen LogP contribution is -2.47. The van der Waals surface area contributed by atoms with Crippen molar-refractivity contribution in [3.8, 4) is 0 Å². The number of alkyl halides is 1. The average molecular weight is 662 g/mol. The number of anilines is 1. The molecule has 0 aliphatic carbocycles. The number of amides is 2. The third-order valence-corrected chi connectivity index (χ3v) is 8.60. The Morgan fingerprint density at radius 3 is 2.32 bits per heavy atom. The standard InChI is InChI=1S/C32H32IN5O3/c33-31-30-27(20-36(35-30)17-16-23-10-4-1-5-11-23)37(19-26(34-31)18-24-12-6-2-7-13-24)29(39)21-38-28(22-41-32(38)40)25-14-8-3-9-15-25/h1-15,20,26,28,31,34H,16-19,21-22H2/t26?,28?,31-/m0/s1. The number of benzene rings is 3. The number of cyclic esters (lactones) is 1. The first kappa shape index (κ1) is 27.5. The smallest absolute Gasteiger partial charge is 0.410 e. The van der Waals surface area contributed by atoms with E-state index in [2.05, 4.69) is 52.2 Å². The Balaban J connectivity index is 1.27. The highest BCUT2D eigenvalue weighted by atomic mass is 127. The van der Waals surface area contributed by atoms with Gasteiger partial charge in [-0.2, -0.15) is 5.10 Å². The molecule has 2 aliphatic rings. The molecule has 0 bridgehead atoms. The number of halogens is 1. The predicted molar refractivity (Wildman–Crippen MR) is 166 cm³/mol. The number of aryl methyl sites for hydroxylation is 2. The van der Waals surface area contributed by atoms with Gasteiger partial charge in [-0.05, 0) is 29.5 Å². The highest BCUT2D eigenvalue weighted by molar-refractivity contribution is 14.1. The van der Waals surface area contributed by atoms with Gasteiger partial charge in [0.1, 0.15) is 22.9 Å². The summed E-state index contributed by atoms with van der Waals surface area (Å²) < 4.78 is 7.24. The third kappa shape index (κ3) is 6.31. The Bertz CT molecular complexity index is 1480. The molecule has 3 heterocycles. The Hall–Kier alpha value is -3.70. The van der Waals surface area contributed by atoms with E-state index in [1.54, 1.807) is 4.90 Å². The van der Waals surface area contributed by atoms with E-state index in [1.807, 2.05) is 82.5 Å². The molecule has 8 nitrogen and oxygen atoms in total. The van der Waals surface area contributed by atoms with Crippen molar-refractivity contribution in [1.82, 2.24) is 20.0 Å². The van der Waals surface area contributed by atoms with Crippen LogP contribution in [0.2, 0.25) is 0 Å². The van der Waals surface area contributed by atoms with Crippen molar-refractivity contribution in [2.24, 2.45) is 0 Å². The van der Waals surface area contributed by atoms with E-state index in [0.717, 1.165) is 29.8 Å². The zero-order valence-corrected chi connectivity index (χ0v) is 24.8. The second kappa shape index (κ2) is 12.4. The van der Waals surface area contributed by atoms with E-state index in [1.165, 1.54) is 11.1 Å². The number of rotatable bonds is 8. The normalized spacial score (nSPS) is 20.4. The van der Waals surface area contributed by atoms with Gasteiger partial charge in [-0.3, -0.25) is 19.7 Å². The van der Waals surface area contributed by atoms with Crippen molar-refractivity contribution in [3.05, 3.63) is 120 Å². The molecule has 3 aromatic carbocycles. The molecule has 0 spiro atoms. The fraction of sp³-hybridized carbons (Fsp3) is 0.281. The highest BCUT2D eigenvalue weighted by Crippen LogP contribution is 2.34. The van der Waals surface area contributed by atoms with E-state index in [4.69, 9.17) is 9.84 Å². The van der Waals surface area contributed by atoms with Crippen molar-refractivity contribution in [1.29, 1.82) is 0 Å². The van der Waals surface area contributed by atoms with Crippen LogP contribution in [0.4, 0.5) is 10.5 Å². The first-order valence-corrected chi connectivity index (χ1v) is 15.1. The summed E-state index contributed by atoms with van der Waals surface area (Å²) in [6.45, 7) is 1.32. The molecule has 1 fully saturated rings. The van der Waals surface area contributed by atoms with E-state index < -0.39 is 6.09 Å². The van der Waals surface area contributed by atoms with Crippen molar-refractivity contribution in [2.45, 2.75) is 35.5 Å². The van der Waals surface area contributed by atoms with Crippen LogP contribution in [0.5, 0.6) is 0 Å². The van der Waals surface area contributed by atoms with Crippen molar-refractivity contribution < 1.29 is 14.3 Å². The van der Waals surface area contributed by atoms with Gasteiger partial charge in [0.2, 0.25) is 5.91 Å². The van der Waals surface area contributed by atoms with Gasteiger partial charge < -0.3 is 9.64 Å². The Labute approximate surface area is 253 Å². The van der Waals surface area contributed by atoms with Crippen LogP contribution < -0.4 is 10.2 Å². The molecular weight excluding hydrogens is 629 g/mol. The van der Waals surface area contributed by atoms with Gasteiger partial charge >= 0.3 is 6.09 Å². The lowest BCUT2D eigenvalue weighted by atomic mass is 10.1. The van der Waals surface area contributed by atoms with E-state index in [9.17, 15) is 9.59 Å². The quantitative estimate of drug-likeness (QED) is 0.158. The summed E-state index contributed by atoms with van der Waals surface area (Å²) in [6.07, 6.45) is 3.11. The molecule has 0 radical (unpaired) electrons. The summed E-state index contributed by atoms with van der Waals surface area (Å²) in [5.41, 5.74) is 4.99. The first-order chi connectivity index (χ1) is 20.0. The summed E-state index contributed by atoms with van der Waals surface area (Å²) in [4.78, 5) is 30.2. The van der Waals surface area contributed by atoms with E-state index in [-0.39, 0.29) is 35.2 Å². The zero-order valence-electron chi connectivity index (χ0n) is 22.6. The molecule has 9 heteroatoms. The fourth-order valence-electron chi connectivity index (χ4n) is 5.54. The highest BCUT2D eigenvalue weighted by Gasteiger charge is 2.39. The van der Waals surface area contributed by atoms with Crippen molar-refractivity contribution in [3.63, 3.8) is 0 Å². The molecule has 2 amide bonds. The summed E-state index contributed by atoms with van der Waals surface area (Å²) in [7, 11) is 0. The van der Waals surface area contributed by atoms with Crippen molar-refractivity contribution >= 4 is 40.3 Å². The molecule has 210 valence electrons. The van der Waals surface area contributed by atoms with Gasteiger partial charge in [0, 0.05) is 25.3 Å². The van der Waals surface area contributed by atoms with Gasteiger partial charge in [0.05, 0.1) is 11.7 Å². The number of ether oxygens (including phenoxy) is 1. The lowest BCUT2D eigenvalue weighted by Gasteiger charge is -2.28. The summed E-state index contributed by atoms with van der Waals surface area (Å²) >= 11 is 2.37. The minimum absolute atomic E-state index is 0.00525. The molecule has 2 aliphatic heterocycles. The van der Waals surface area contributed by atoms with Gasteiger partial charge in [0.15, 0.2) is 0 Å². The SMILES string of the molecule is O=C(CN1C(=O)OCC1c1ccccc1)N1CC(Cc2ccccc2)N[C@H](I)c2nn(CCc3ccccc3)cc21. The van der Waals surface area contributed by atoms with Crippen LogP contribution in [0, 0.1) is 0 Å². The minimum atomic E-state index is -0.466. The second-order valence-electron chi connectivity index (χ2n) is 10.4. The molecule has 2 unspecified atom stereocenters. The molecule has 0 saturated carbocycles. The predicted octanol–water partition coefficient (Wildman–Crippen LogP) is 5.30. The Morgan fingerprint density at radius 1 is 0.951 bits per heavy atom.